The monoisotopic (exact) mass is 258 g/mol. The summed E-state index contributed by atoms with van der Waals surface area (Å²) in [5.41, 5.74) is 1.46. The maximum Gasteiger partial charge on any atom is 0.246 e. The van der Waals surface area contributed by atoms with Crippen LogP contribution in [0.4, 0.5) is 15.8 Å². The molecule has 19 heavy (non-hydrogen) atoms. The number of nitrogens with one attached hydrogen (secondary N) is 2. The van der Waals surface area contributed by atoms with Crippen LogP contribution in [0.2, 0.25) is 0 Å². The highest BCUT2D eigenvalue weighted by Crippen LogP contribution is 2.11. The molecule has 0 saturated heterocycles. The first kappa shape index (κ1) is 13.1. The second kappa shape index (κ2) is 6.00. The van der Waals surface area contributed by atoms with Gasteiger partial charge in [-0.1, -0.05) is 18.2 Å². The van der Waals surface area contributed by atoms with Crippen LogP contribution < -0.4 is 10.6 Å². The van der Waals surface area contributed by atoms with E-state index in [2.05, 4.69) is 10.6 Å². The third-order valence-electron chi connectivity index (χ3n) is 2.66. The summed E-state index contributed by atoms with van der Waals surface area (Å²) in [7, 11) is 0. The van der Waals surface area contributed by atoms with Crippen LogP contribution in [0.1, 0.15) is 6.92 Å². The van der Waals surface area contributed by atoms with Gasteiger partial charge in [-0.05, 0) is 43.3 Å². The lowest BCUT2D eigenvalue weighted by Crippen LogP contribution is -2.31. The van der Waals surface area contributed by atoms with Crippen molar-refractivity contribution in [1.82, 2.24) is 0 Å². The molecule has 2 aromatic carbocycles. The lowest BCUT2D eigenvalue weighted by atomic mass is 10.2. The molecule has 0 fully saturated rings. The molecular formula is C15H15FN2O. The number of amides is 1. The first-order valence-corrected chi connectivity index (χ1v) is 6.03. The van der Waals surface area contributed by atoms with E-state index in [1.807, 2.05) is 30.3 Å². The Labute approximate surface area is 111 Å². The Kier molecular flexibility index (Phi) is 4.13. The fraction of sp³-hybridized carbons (Fsp3) is 0.133. The normalized spacial score (nSPS) is 11.7. The van der Waals surface area contributed by atoms with Crippen molar-refractivity contribution in [1.29, 1.82) is 0 Å². The van der Waals surface area contributed by atoms with Gasteiger partial charge in [-0.3, -0.25) is 4.79 Å². The minimum absolute atomic E-state index is 0.143. The molecule has 0 radical (unpaired) electrons. The maximum absolute atomic E-state index is 12.8. The smallest absolute Gasteiger partial charge is 0.246 e. The molecular weight excluding hydrogens is 243 g/mol. The van der Waals surface area contributed by atoms with E-state index in [0.717, 1.165) is 5.69 Å². The van der Waals surface area contributed by atoms with Gasteiger partial charge in [0.15, 0.2) is 0 Å². The van der Waals surface area contributed by atoms with Crippen LogP contribution in [0.25, 0.3) is 0 Å². The Morgan fingerprint density at radius 2 is 1.63 bits per heavy atom. The summed E-state index contributed by atoms with van der Waals surface area (Å²) in [4.78, 5) is 11.9. The number of hydrogen-bond donors (Lipinski definition) is 2. The van der Waals surface area contributed by atoms with Gasteiger partial charge in [-0.25, -0.2) is 4.39 Å². The minimum atomic E-state index is -0.411. The number of para-hydroxylation sites is 1. The lowest BCUT2D eigenvalue weighted by Gasteiger charge is -2.15. The first-order chi connectivity index (χ1) is 9.15. The Hall–Kier alpha value is -2.36. The van der Waals surface area contributed by atoms with Crippen LogP contribution in [0, 0.1) is 5.82 Å². The Morgan fingerprint density at radius 1 is 1.00 bits per heavy atom. The highest BCUT2D eigenvalue weighted by molar-refractivity contribution is 5.96. The molecule has 98 valence electrons. The van der Waals surface area contributed by atoms with Crippen molar-refractivity contribution >= 4 is 17.3 Å². The van der Waals surface area contributed by atoms with Crippen LogP contribution in [-0.2, 0) is 4.79 Å². The quantitative estimate of drug-likeness (QED) is 0.883. The average Bonchev–Trinajstić information content (AvgIpc) is 2.42. The third kappa shape index (κ3) is 3.81. The Balaban J connectivity index is 1.94. The molecule has 2 N–H and O–H groups in total. The number of rotatable bonds is 4. The summed E-state index contributed by atoms with van der Waals surface area (Å²) in [6.07, 6.45) is 0. The van der Waals surface area contributed by atoms with E-state index in [1.54, 1.807) is 19.1 Å². The molecule has 4 heteroatoms. The van der Waals surface area contributed by atoms with E-state index in [4.69, 9.17) is 0 Å². The van der Waals surface area contributed by atoms with E-state index in [9.17, 15) is 9.18 Å². The summed E-state index contributed by atoms with van der Waals surface area (Å²) >= 11 is 0. The second-order valence-electron chi connectivity index (χ2n) is 4.23. The van der Waals surface area contributed by atoms with Gasteiger partial charge in [0.05, 0.1) is 0 Å². The summed E-state index contributed by atoms with van der Waals surface area (Å²) in [5.74, 6) is -0.442. The third-order valence-corrected chi connectivity index (χ3v) is 2.66. The summed E-state index contributed by atoms with van der Waals surface area (Å²) in [5, 5.41) is 5.81. The number of anilines is 2. The molecule has 1 atom stereocenters. The maximum atomic E-state index is 12.8. The number of carbonyl (C=O) groups is 1. The molecule has 0 aliphatic heterocycles. The van der Waals surface area contributed by atoms with Gasteiger partial charge in [0.2, 0.25) is 5.91 Å². The van der Waals surface area contributed by atoms with E-state index < -0.39 is 6.04 Å². The molecule has 0 unspecified atom stereocenters. The fourth-order valence-corrected chi connectivity index (χ4v) is 1.63. The molecule has 3 nitrogen and oxygen atoms in total. The van der Waals surface area contributed by atoms with Crippen molar-refractivity contribution in [2.24, 2.45) is 0 Å². The molecule has 0 heterocycles. The highest BCUT2D eigenvalue weighted by Gasteiger charge is 2.12. The van der Waals surface area contributed by atoms with Crippen molar-refractivity contribution in [3.05, 3.63) is 60.4 Å². The van der Waals surface area contributed by atoms with E-state index in [1.165, 1.54) is 12.1 Å². The highest BCUT2D eigenvalue weighted by atomic mass is 19.1. The van der Waals surface area contributed by atoms with Crippen molar-refractivity contribution < 1.29 is 9.18 Å². The number of halogens is 1. The number of hydrogen-bond acceptors (Lipinski definition) is 2. The van der Waals surface area contributed by atoms with Crippen LogP contribution >= 0.6 is 0 Å². The van der Waals surface area contributed by atoms with E-state index >= 15 is 0 Å². The zero-order chi connectivity index (χ0) is 13.7. The minimum Gasteiger partial charge on any atom is -0.374 e. The molecule has 0 saturated carbocycles. The Morgan fingerprint density at radius 3 is 2.26 bits per heavy atom. The van der Waals surface area contributed by atoms with Gasteiger partial charge in [0, 0.05) is 11.4 Å². The molecule has 2 aromatic rings. The van der Waals surface area contributed by atoms with Gasteiger partial charge in [-0.2, -0.15) is 0 Å². The van der Waals surface area contributed by atoms with Crippen LogP contribution in [-0.4, -0.2) is 11.9 Å². The predicted molar refractivity (Wildman–Crippen MR) is 74.6 cm³/mol. The average molecular weight is 258 g/mol. The van der Waals surface area contributed by atoms with Gasteiger partial charge in [0.1, 0.15) is 11.9 Å². The van der Waals surface area contributed by atoms with Crippen LogP contribution in [0.15, 0.2) is 54.6 Å². The van der Waals surface area contributed by atoms with Crippen molar-refractivity contribution in [3.8, 4) is 0 Å². The van der Waals surface area contributed by atoms with Crippen LogP contribution in [0.5, 0.6) is 0 Å². The Bertz CT molecular complexity index is 540. The molecule has 0 bridgehead atoms. The van der Waals surface area contributed by atoms with Crippen molar-refractivity contribution in [2.45, 2.75) is 13.0 Å². The summed E-state index contributed by atoms with van der Waals surface area (Å²) in [6.45, 7) is 1.75. The van der Waals surface area contributed by atoms with Crippen LogP contribution in [0.3, 0.4) is 0 Å². The standard InChI is InChI=1S/C15H15FN2O/c1-11(17-14-9-7-12(16)8-10-14)15(19)18-13-5-3-2-4-6-13/h2-11,17H,1H3,(H,18,19)/t11-/m1/s1. The molecule has 0 aromatic heterocycles. The zero-order valence-electron chi connectivity index (χ0n) is 10.6. The molecule has 0 aliphatic rings. The van der Waals surface area contributed by atoms with E-state index in [0.29, 0.717) is 5.69 Å². The predicted octanol–water partition coefficient (Wildman–Crippen LogP) is 3.26. The first-order valence-electron chi connectivity index (χ1n) is 6.03. The van der Waals surface area contributed by atoms with Gasteiger partial charge in [-0.15, -0.1) is 0 Å². The lowest BCUT2D eigenvalue weighted by molar-refractivity contribution is -0.116. The summed E-state index contributed by atoms with van der Waals surface area (Å²) in [6, 6.07) is 14.7. The zero-order valence-corrected chi connectivity index (χ0v) is 10.6. The number of carbonyl (C=O) groups excluding carboxylic acids is 1. The van der Waals surface area contributed by atoms with Gasteiger partial charge >= 0.3 is 0 Å². The summed E-state index contributed by atoms with van der Waals surface area (Å²) < 4.78 is 12.8. The van der Waals surface area contributed by atoms with Crippen molar-refractivity contribution in [3.63, 3.8) is 0 Å². The topological polar surface area (TPSA) is 41.1 Å². The molecule has 0 aliphatic carbocycles. The molecule has 1 amide bonds. The largest absolute Gasteiger partial charge is 0.374 e. The van der Waals surface area contributed by atoms with E-state index in [-0.39, 0.29) is 11.7 Å². The SMILES string of the molecule is C[C@@H](Nc1ccc(F)cc1)C(=O)Nc1ccccc1. The molecule has 2 rings (SSSR count). The van der Waals surface area contributed by atoms with Crippen molar-refractivity contribution in [2.75, 3.05) is 10.6 Å². The van der Waals surface area contributed by atoms with Gasteiger partial charge < -0.3 is 10.6 Å². The second-order valence-corrected chi connectivity index (χ2v) is 4.23. The van der Waals surface area contributed by atoms with Gasteiger partial charge in [0.25, 0.3) is 0 Å². The number of benzene rings is 2. The fourth-order valence-electron chi connectivity index (χ4n) is 1.63. The molecule has 0 spiro atoms.